The summed E-state index contributed by atoms with van der Waals surface area (Å²) in [5.41, 5.74) is 0. The highest BCUT2D eigenvalue weighted by atomic mass is 19.1. The lowest BCUT2D eigenvalue weighted by atomic mass is 9.79. The molecule has 4 aliphatic rings. The largest absolute Gasteiger partial charge is 0.393 e. The summed E-state index contributed by atoms with van der Waals surface area (Å²) in [4.78, 5) is 2.73. The standard InChI is InChI=1S/C21H38FN3O/c1-14(23-17-9-11-18(26)12-10-17)21-24-20(15-5-7-16(22)8-6-15)19-4-2-3-13-25(19)21/h14-21,23-24,26H,2-13H2,1H3. The van der Waals surface area contributed by atoms with E-state index in [0.717, 1.165) is 51.4 Å². The van der Waals surface area contributed by atoms with Gasteiger partial charge in [0.15, 0.2) is 0 Å². The van der Waals surface area contributed by atoms with E-state index in [2.05, 4.69) is 22.5 Å². The molecule has 0 spiro atoms. The third kappa shape index (κ3) is 4.11. The van der Waals surface area contributed by atoms with Crippen LogP contribution in [-0.4, -0.2) is 59.2 Å². The van der Waals surface area contributed by atoms with Gasteiger partial charge in [0.05, 0.1) is 12.3 Å². The van der Waals surface area contributed by atoms with Gasteiger partial charge in [-0.15, -0.1) is 0 Å². The summed E-state index contributed by atoms with van der Waals surface area (Å²) in [7, 11) is 0. The molecule has 4 nitrogen and oxygen atoms in total. The normalized spacial score (nSPS) is 46.0. The fraction of sp³-hybridized carbons (Fsp3) is 1.00. The summed E-state index contributed by atoms with van der Waals surface area (Å²) in [6.07, 6.45) is 11.4. The average molecular weight is 368 g/mol. The molecule has 0 aromatic heterocycles. The van der Waals surface area contributed by atoms with E-state index in [-0.39, 0.29) is 6.10 Å². The van der Waals surface area contributed by atoms with E-state index in [0.29, 0.717) is 36.3 Å². The molecule has 2 saturated carbocycles. The van der Waals surface area contributed by atoms with Crippen molar-refractivity contribution in [2.24, 2.45) is 5.92 Å². The van der Waals surface area contributed by atoms with Gasteiger partial charge in [0.1, 0.15) is 6.17 Å². The van der Waals surface area contributed by atoms with Crippen LogP contribution in [-0.2, 0) is 0 Å². The molecule has 0 aromatic rings. The molecule has 0 radical (unpaired) electrons. The first-order valence-electron chi connectivity index (χ1n) is 11.2. The SMILES string of the molecule is CC(NC1CCC(O)CC1)C1NC(C2CCC(F)CC2)C2CCCCN21. The zero-order valence-corrected chi connectivity index (χ0v) is 16.4. The van der Waals surface area contributed by atoms with Gasteiger partial charge in [0, 0.05) is 30.7 Å². The minimum atomic E-state index is -0.562. The lowest BCUT2D eigenvalue weighted by Crippen LogP contribution is -2.55. The molecule has 4 atom stereocenters. The number of alkyl halides is 1. The Bertz CT molecular complexity index is 449. The number of aliphatic hydroxyl groups is 1. The first kappa shape index (κ1) is 19.1. The quantitative estimate of drug-likeness (QED) is 0.715. The summed E-state index contributed by atoms with van der Waals surface area (Å²) in [5, 5.41) is 17.6. The van der Waals surface area contributed by atoms with Gasteiger partial charge in [0.25, 0.3) is 0 Å². The molecule has 4 unspecified atom stereocenters. The first-order valence-corrected chi connectivity index (χ1v) is 11.2. The Morgan fingerprint density at radius 2 is 1.73 bits per heavy atom. The predicted octanol–water partition coefficient (Wildman–Crippen LogP) is 2.95. The molecule has 2 aliphatic carbocycles. The number of aliphatic hydroxyl groups excluding tert-OH is 1. The fourth-order valence-corrected chi connectivity index (χ4v) is 6.14. The van der Waals surface area contributed by atoms with E-state index in [1.54, 1.807) is 0 Å². The minimum absolute atomic E-state index is 0.0885. The van der Waals surface area contributed by atoms with Gasteiger partial charge in [-0.2, -0.15) is 0 Å². The molecule has 2 aliphatic heterocycles. The molecule has 5 heteroatoms. The number of rotatable bonds is 4. The summed E-state index contributed by atoms with van der Waals surface area (Å²) in [6, 6.07) is 2.15. The average Bonchev–Trinajstić information content (AvgIpc) is 3.04. The van der Waals surface area contributed by atoms with Crippen molar-refractivity contribution in [3.8, 4) is 0 Å². The van der Waals surface area contributed by atoms with Crippen molar-refractivity contribution >= 4 is 0 Å². The highest BCUT2D eigenvalue weighted by Gasteiger charge is 2.47. The molecule has 4 rings (SSSR count). The van der Waals surface area contributed by atoms with Crippen molar-refractivity contribution in [3.05, 3.63) is 0 Å². The predicted molar refractivity (Wildman–Crippen MR) is 103 cm³/mol. The van der Waals surface area contributed by atoms with Crippen LogP contribution in [0.2, 0.25) is 0 Å². The summed E-state index contributed by atoms with van der Waals surface area (Å²) >= 11 is 0. The Morgan fingerprint density at radius 3 is 2.46 bits per heavy atom. The smallest absolute Gasteiger partial charge is 0.100 e. The van der Waals surface area contributed by atoms with E-state index in [1.165, 1.54) is 25.8 Å². The van der Waals surface area contributed by atoms with Crippen LogP contribution in [0.25, 0.3) is 0 Å². The van der Waals surface area contributed by atoms with Crippen LogP contribution in [0.15, 0.2) is 0 Å². The summed E-state index contributed by atoms with van der Waals surface area (Å²) < 4.78 is 13.6. The van der Waals surface area contributed by atoms with Crippen molar-refractivity contribution < 1.29 is 9.50 Å². The van der Waals surface area contributed by atoms with Crippen LogP contribution in [0.1, 0.15) is 77.6 Å². The number of nitrogens with one attached hydrogen (secondary N) is 2. The zero-order valence-electron chi connectivity index (χ0n) is 16.4. The fourth-order valence-electron chi connectivity index (χ4n) is 6.14. The molecule has 0 bridgehead atoms. The maximum atomic E-state index is 13.6. The molecule has 3 N–H and O–H groups in total. The van der Waals surface area contributed by atoms with Crippen molar-refractivity contribution in [2.45, 2.75) is 120 Å². The highest BCUT2D eigenvalue weighted by molar-refractivity contribution is 5.04. The zero-order chi connectivity index (χ0) is 18.1. The van der Waals surface area contributed by atoms with Crippen LogP contribution < -0.4 is 10.6 Å². The topological polar surface area (TPSA) is 47.5 Å². The number of halogens is 1. The van der Waals surface area contributed by atoms with E-state index in [4.69, 9.17) is 0 Å². The highest BCUT2D eigenvalue weighted by Crippen LogP contribution is 2.37. The van der Waals surface area contributed by atoms with Gasteiger partial charge < -0.3 is 10.4 Å². The number of piperidine rings is 1. The van der Waals surface area contributed by atoms with E-state index in [9.17, 15) is 9.50 Å². The van der Waals surface area contributed by atoms with Crippen molar-refractivity contribution in [3.63, 3.8) is 0 Å². The second-order valence-electron chi connectivity index (χ2n) is 9.41. The van der Waals surface area contributed by atoms with E-state index < -0.39 is 6.17 Å². The summed E-state index contributed by atoms with van der Waals surface area (Å²) in [6.45, 7) is 3.53. The molecule has 150 valence electrons. The molecular weight excluding hydrogens is 329 g/mol. The molecule has 4 fully saturated rings. The van der Waals surface area contributed by atoms with Crippen LogP contribution in [0.3, 0.4) is 0 Å². The Morgan fingerprint density at radius 1 is 1.00 bits per heavy atom. The number of fused-ring (bicyclic) bond motifs is 1. The van der Waals surface area contributed by atoms with E-state index in [1.807, 2.05) is 0 Å². The van der Waals surface area contributed by atoms with Crippen LogP contribution in [0.5, 0.6) is 0 Å². The Balaban J connectivity index is 1.39. The third-order valence-electron chi connectivity index (χ3n) is 7.61. The number of hydrogen-bond donors (Lipinski definition) is 3. The monoisotopic (exact) mass is 367 g/mol. The molecule has 2 saturated heterocycles. The summed E-state index contributed by atoms with van der Waals surface area (Å²) in [5.74, 6) is 0.648. The maximum Gasteiger partial charge on any atom is 0.100 e. The van der Waals surface area contributed by atoms with Gasteiger partial charge in [-0.3, -0.25) is 10.2 Å². The van der Waals surface area contributed by atoms with Crippen molar-refractivity contribution in [1.82, 2.24) is 15.5 Å². The van der Waals surface area contributed by atoms with Crippen LogP contribution >= 0.6 is 0 Å². The van der Waals surface area contributed by atoms with Crippen molar-refractivity contribution in [2.75, 3.05) is 6.54 Å². The molecule has 2 heterocycles. The lowest BCUT2D eigenvalue weighted by molar-refractivity contribution is 0.0924. The third-order valence-corrected chi connectivity index (χ3v) is 7.61. The van der Waals surface area contributed by atoms with Gasteiger partial charge >= 0.3 is 0 Å². The maximum absolute atomic E-state index is 13.6. The van der Waals surface area contributed by atoms with Crippen LogP contribution in [0, 0.1) is 5.92 Å². The Hall–Kier alpha value is -0.230. The van der Waals surface area contributed by atoms with E-state index >= 15 is 0 Å². The second kappa shape index (κ2) is 8.42. The molecule has 0 amide bonds. The lowest BCUT2D eigenvalue weighted by Gasteiger charge is -2.39. The molecular formula is C21H38FN3O. The van der Waals surface area contributed by atoms with Gasteiger partial charge in [-0.05, 0) is 77.0 Å². The minimum Gasteiger partial charge on any atom is -0.393 e. The Kier molecular flexibility index (Phi) is 6.19. The number of hydrogen-bond acceptors (Lipinski definition) is 4. The van der Waals surface area contributed by atoms with Crippen LogP contribution in [0.4, 0.5) is 4.39 Å². The number of nitrogens with zero attached hydrogens (tertiary/aromatic N) is 1. The van der Waals surface area contributed by atoms with Gasteiger partial charge in [-0.1, -0.05) is 6.42 Å². The molecule has 26 heavy (non-hydrogen) atoms. The molecule has 0 aromatic carbocycles. The van der Waals surface area contributed by atoms with Gasteiger partial charge in [-0.25, -0.2) is 4.39 Å². The second-order valence-corrected chi connectivity index (χ2v) is 9.41. The van der Waals surface area contributed by atoms with Gasteiger partial charge in [0.2, 0.25) is 0 Å². The first-order chi connectivity index (χ1) is 12.6. The van der Waals surface area contributed by atoms with Crippen molar-refractivity contribution in [1.29, 1.82) is 0 Å². The Labute approximate surface area is 158 Å².